The molecule has 100 valence electrons. The van der Waals surface area contributed by atoms with Crippen LogP contribution in [0.3, 0.4) is 0 Å². The van der Waals surface area contributed by atoms with E-state index in [9.17, 15) is 8.78 Å². The summed E-state index contributed by atoms with van der Waals surface area (Å²) in [5.41, 5.74) is 5.27. The van der Waals surface area contributed by atoms with Crippen molar-refractivity contribution in [2.75, 3.05) is 0 Å². The van der Waals surface area contributed by atoms with Gasteiger partial charge in [0.05, 0.1) is 6.04 Å². The predicted octanol–water partition coefficient (Wildman–Crippen LogP) is 2.42. The molecule has 1 aromatic carbocycles. The van der Waals surface area contributed by atoms with Crippen molar-refractivity contribution in [3.05, 3.63) is 65.0 Å². The van der Waals surface area contributed by atoms with Gasteiger partial charge in [-0.2, -0.15) is 0 Å². The molecule has 5 heteroatoms. The van der Waals surface area contributed by atoms with Crippen molar-refractivity contribution in [1.82, 2.24) is 10.4 Å². The van der Waals surface area contributed by atoms with Crippen molar-refractivity contribution in [2.24, 2.45) is 5.84 Å². The molecular weight excluding hydrogens is 248 g/mol. The summed E-state index contributed by atoms with van der Waals surface area (Å²) in [5.74, 6) is 3.82. The molecule has 19 heavy (non-hydrogen) atoms. The van der Waals surface area contributed by atoms with Gasteiger partial charge in [-0.25, -0.2) is 8.78 Å². The molecule has 1 heterocycles. The Balaban J connectivity index is 2.21. The molecule has 1 atom stereocenters. The average molecular weight is 263 g/mol. The summed E-state index contributed by atoms with van der Waals surface area (Å²) in [5, 5.41) is 0. The minimum Gasteiger partial charge on any atom is -0.271 e. The maximum atomic E-state index is 13.2. The van der Waals surface area contributed by atoms with Gasteiger partial charge in [0.15, 0.2) is 11.6 Å². The summed E-state index contributed by atoms with van der Waals surface area (Å²) < 4.78 is 26.0. The highest BCUT2D eigenvalue weighted by molar-refractivity contribution is 5.25. The molecule has 0 aliphatic heterocycles. The molecule has 0 aliphatic rings. The number of aromatic nitrogens is 1. The summed E-state index contributed by atoms with van der Waals surface area (Å²) in [4.78, 5) is 4.10. The van der Waals surface area contributed by atoms with Gasteiger partial charge in [-0.05, 0) is 42.2 Å². The van der Waals surface area contributed by atoms with Crippen molar-refractivity contribution in [3.8, 4) is 0 Å². The van der Waals surface area contributed by atoms with Crippen LogP contribution in [0.5, 0.6) is 0 Å². The highest BCUT2D eigenvalue weighted by Crippen LogP contribution is 2.19. The summed E-state index contributed by atoms with van der Waals surface area (Å²) in [6.45, 7) is 1.93. The first kappa shape index (κ1) is 13.6. The Hall–Kier alpha value is -1.85. The minimum atomic E-state index is -0.851. The van der Waals surface area contributed by atoms with E-state index in [0.29, 0.717) is 12.0 Å². The summed E-state index contributed by atoms with van der Waals surface area (Å²) in [6, 6.07) is 5.61. The lowest BCUT2D eigenvalue weighted by Crippen LogP contribution is -2.29. The number of aryl methyl sites for hydroxylation is 1. The lowest BCUT2D eigenvalue weighted by Gasteiger charge is -2.16. The molecule has 0 aliphatic carbocycles. The monoisotopic (exact) mass is 263 g/mol. The summed E-state index contributed by atoms with van der Waals surface area (Å²) in [6.07, 6.45) is 3.91. The van der Waals surface area contributed by atoms with E-state index in [1.54, 1.807) is 18.5 Å². The number of nitrogens with zero attached hydrogens (tertiary/aromatic N) is 1. The third-order valence-electron chi connectivity index (χ3n) is 2.92. The van der Waals surface area contributed by atoms with Gasteiger partial charge in [0.25, 0.3) is 0 Å². The minimum absolute atomic E-state index is 0.197. The largest absolute Gasteiger partial charge is 0.271 e. The molecule has 0 spiro atoms. The average Bonchev–Trinajstić information content (AvgIpc) is 2.40. The van der Waals surface area contributed by atoms with Crippen molar-refractivity contribution in [3.63, 3.8) is 0 Å². The molecule has 0 fully saturated rings. The van der Waals surface area contributed by atoms with Crippen molar-refractivity contribution < 1.29 is 8.78 Å². The number of hydrazine groups is 1. The van der Waals surface area contributed by atoms with E-state index in [2.05, 4.69) is 10.4 Å². The third-order valence-corrected chi connectivity index (χ3v) is 2.92. The number of pyridine rings is 1. The molecule has 0 saturated heterocycles. The standard InChI is InChI=1S/C14H15F2N3/c1-9-4-11(8-18-7-9)14(19-17)6-10-2-3-12(15)13(16)5-10/h2-5,7-8,14,19H,6,17H2,1H3. The zero-order valence-corrected chi connectivity index (χ0v) is 10.5. The van der Waals surface area contributed by atoms with Crippen LogP contribution in [0.4, 0.5) is 8.78 Å². The van der Waals surface area contributed by atoms with Crippen LogP contribution in [0.15, 0.2) is 36.7 Å². The fourth-order valence-corrected chi connectivity index (χ4v) is 1.94. The Labute approximate surface area is 110 Å². The smallest absolute Gasteiger partial charge is 0.159 e. The van der Waals surface area contributed by atoms with Gasteiger partial charge in [-0.3, -0.25) is 16.3 Å². The van der Waals surface area contributed by atoms with Crippen molar-refractivity contribution in [2.45, 2.75) is 19.4 Å². The second-order valence-electron chi connectivity index (χ2n) is 4.47. The number of rotatable bonds is 4. The lowest BCUT2D eigenvalue weighted by molar-refractivity contribution is 0.502. The third kappa shape index (κ3) is 3.33. The number of hydrogen-bond donors (Lipinski definition) is 2. The molecule has 0 amide bonds. The quantitative estimate of drug-likeness (QED) is 0.658. The Morgan fingerprint density at radius 3 is 2.63 bits per heavy atom. The number of hydrogen-bond acceptors (Lipinski definition) is 3. The van der Waals surface area contributed by atoms with E-state index in [0.717, 1.165) is 17.2 Å². The van der Waals surface area contributed by atoms with Crippen LogP contribution < -0.4 is 11.3 Å². The van der Waals surface area contributed by atoms with Crippen LogP contribution in [0.2, 0.25) is 0 Å². The van der Waals surface area contributed by atoms with Gasteiger partial charge in [0.1, 0.15) is 0 Å². The Morgan fingerprint density at radius 2 is 2.00 bits per heavy atom. The Morgan fingerprint density at radius 1 is 1.21 bits per heavy atom. The lowest BCUT2D eigenvalue weighted by atomic mass is 10.00. The van der Waals surface area contributed by atoms with Crippen LogP contribution in [0.1, 0.15) is 22.7 Å². The molecule has 2 aromatic rings. The SMILES string of the molecule is Cc1cncc(C(Cc2ccc(F)c(F)c2)NN)c1. The molecule has 0 saturated carbocycles. The first-order valence-corrected chi connectivity index (χ1v) is 5.91. The second kappa shape index (κ2) is 5.86. The Kier molecular flexibility index (Phi) is 4.19. The topological polar surface area (TPSA) is 50.9 Å². The molecule has 3 nitrogen and oxygen atoms in total. The van der Waals surface area contributed by atoms with E-state index in [1.807, 2.05) is 13.0 Å². The Bertz CT molecular complexity index is 572. The van der Waals surface area contributed by atoms with Gasteiger partial charge < -0.3 is 0 Å². The number of nitrogens with one attached hydrogen (secondary N) is 1. The normalized spacial score (nSPS) is 12.4. The van der Waals surface area contributed by atoms with Gasteiger partial charge in [-0.15, -0.1) is 0 Å². The van der Waals surface area contributed by atoms with E-state index in [1.165, 1.54) is 6.07 Å². The second-order valence-corrected chi connectivity index (χ2v) is 4.47. The summed E-state index contributed by atoms with van der Waals surface area (Å²) >= 11 is 0. The van der Waals surface area contributed by atoms with Gasteiger partial charge in [-0.1, -0.05) is 12.1 Å². The maximum absolute atomic E-state index is 13.2. The predicted molar refractivity (Wildman–Crippen MR) is 69.1 cm³/mol. The number of benzene rings is 1. The van der Waals surface area contributed by atoms with Crippen LogP contribution in [-0.2, 0) is 6.42 Å². The van der Waals surface area contributed by atoms with Crippen LogP contribution >= 0.6 is 0 Å². The highest BCUT2D eigenvalue weighted by atomic mass is 19.2. The number of nitrogens with two attached hydrogens (primary N) is 1. The number of halogens is 2. The van der Waals surface area contributed by atoms with E-state index >= 15 is 0 Å². The van der Waals surface area contributed by atoms with Crippen LogP contribution in [0, 0.1) is 18.6 Å². The first-order valence-electron chi connectivity index (χ1n) is 5.91. The van der Waals surface area contributed by atoms with E-state index in [-0.39, 0.29) is 6.04 Å². The van der Waals surface area contributed by atoms with E-state index in [4.69, 9.17) is 5.84 Å². The maximum Gasteiger partial charge on any atom is 0.159 e. The molecule has 3 N–H and O–H groups in total. The van der Waals surface area contributed by atoms with Gasteiger partial charge in [0, 0.05) is 12.4 Å². The zero-order valence-electron chi connectivity index (χ0n) is 10.5. The molecule has 1 unspecified atom stereocenters. The first-order chi connectivity index (χ1) is 9.10. The molecule has 2 rings (SSSR count). The highest BCUT2D eigenvalue weighted by Gasteiger charge is 2.12. The van der Waals surface area contributed by atoms with Crippen LogP contribution in [0.25, 0.3) is 0 Å². The van der Waals surface area contributed by atoms with Crippen LogP contribution in [-0.4, -0.2) is 4.98 Å². The summed E-state index contributed by atoms with van der Waals surface area (Å²) in [7, 11) is 0. The zero-order chi connectivity index (χ0) is 13.8. The van der Waals surface area contributed by atoms with Gasteiger partial charge >= 0.3 is 0 Å². The van der Waals surface area contributed by atoms with Crippen molar-refractivity contribution >= 4 is 0 Å². The fourth-order valence-electron chi connectivity index (χ4n) is 1.94. The molecule has 1 aromatic heterocycles. The van der Waals surface area contributed by atoms with Crippen molar-refractivity contribution in [1.29, 1.82) is 0 Å². The fraction of sp³-hybridized carbons (Fsp3) is 0.214. The molecular formula is C14H15F2N3. The van der Waals surface area contributed by atoms with Gasteiger partial charge in [0.2, 0.25) is 0 Å². The van der Waals surface area contributed by atoms with E-state index < -0.39 is 11.6 Å². The molecule has 0 radical (unpaired) electrons. The molecule has 0 bridgehead atoms.